The van der Waals surface area contributed by atoms with Gasteiger partial charge in [0.1, 0.15) is 0 Å². The van der Waals surface area contributed by atoms with Crippen LogP contribution in [0.4, 0.5) is 5.69 Å². The molecule has 3 aromatic rings. The van der Waals surface area contributed by atoms with E-state index in [1.54, 1.807) is 13.0 Å². The number of para-hydroxylation sites is 2. The molecule has 9 nitrogen and oxygen atoms in total. The zero-order valence-electron chi connectivity index (χ0n) is 17.2. The third kappa shape index (κ3) is 3.90. The molecule has 0 radical (unpaired) electrons. The molecule has 166 valence electrons. The third-order valence-corrected chi connectivity index (χ3v) is 7.26. The molecule has 0 saturated heterocycles. The number of nitrogens with one attached hydrogen (secondary N) is 1. The molecule has 4 rings (SSSR count). The first-order valence-electron chi connectivity index (χ1n) is 10.0. The van der Waals surface area contributed by atoms with Crippen LogP contribution >= 0.6 is 0 Å². The van der Waals surface area contributed by atoms with E-state index in [1.165, 1.54) is 18.2 Å². The van der Waals surface area contributed by atoms with Gasteiger partial charge in [0.2, 0.25) is 0 Å². The molecule has 32 heavy (non-hydrogen) atoms. The first-order valence-corrected chi connectivity index (χ1v) is 11.5. The Bertz CT molecular complexity index is 1300. The van der Waals surface area contributed by atoms with E-state index < -0.39 is 37.5 Å². The van der Waals surface area contributed by atoms with Crippen LogP contribution in [-0.2, 0) is 19.6 Å². The number of sulfonamides is 1. The van der Waals surface area contributed by atoms with Crippen molar-refractivity contribution in [2.45, 2.75) is 24.3 Å². The lowest BCUT2D eigenvalue weighted by atomic mass is 10.0. The standard InChI is InChI=1S/C22H21N3O6S/c1-2-31-22(26)16-11-12-19(18-13-15-7-3-4-8-17(15)23-18)24(14-16)32(29,30)21-10-6-5-9-20(21)25(27)28/h3-11,13,19,23H,2,12,14H2,1H3. The molecule has 0 aliphatic carbocycles. The summed E-state index contributed by atoms with van der Waals surface area (Å²) >= 11 is 0. The number of aromatic nitrogens is 1. The molecule has 1 aromatic heterocycles. The lowest BCUT2D eigenvalue weighted by Crippen LogP contribution is -2.40. The maximum Gasteiger partial charge on any atom is 0.335 e. The number of hydrogen-bond donors (Lipinski definition) is 1. The quantitative estimate of drug-likeness (QED) is 0.343. The van der Waals surface area contributed by atoms with Crippen LogP contribution in [0.3, 0.4) is 0 Å². The Kier molecular flexibility index (Phi) is 5.81. The Balaban J connectivity index is 1.83. The average molecular weight is 455 g/mol. The van der Waals surface area contributed by atoms with Gasteiger partial charge in [-0.1, -0.05) is 36.4 Å². The highest BCUT2D eigenvalue weighted by atomic mass is 32.2. The van der Waals surface area contributed by atoms with Gasteiger partial charge in [-0.15, -0.1) is 0 Å². The van der Waals surface area contributed by atoms with Gasteiger partial charge in [-0.25, -0.2) is 13.2 Å². The van der Waals surface area contributed by atoms with E-state index in [-0.39, 0.29) is 25.1 Å². The Hall–Kier alpha value is -3.50. The summed E-state index contributed by atoms with van der Waals surface area (Å²) in [6, 6.07) is 13.9. The molecule has 0 amide bonds. The number of nitrogens with zero attached hydrogens (tertiary/aromatic N) is 2. The summed E-state index contributed by atoms with van der Waals surface area (Å²) in [5.41, 5.74) is 1.15. The number of nitro benzene ring substituents is 1. The maximum atomic E-state index is 13.7. The van der Waals surface area contributed by atoms with Crippen molar-refractivity contribution < 1.29 is 22.9 Å². The lowest BCUT2D eigenvalue weighted by molar-refractivity contribution is -0.387. The summed E-state index contributed by atoms with van der Waals surface area (Å²) in [6.07, 6.45) is 1.88. The van der Waals surface area contributed by atoms with Gasteiger partial charge in [0.15, 0.2) is 4.90 Å². The van der Waals surface area contributed by atoms with Crippen LogP contribution in [0.1, 0.15) is 25.1 Å². The number of carbonyl (C=O) groups excluding carboxylic acids is 1. The van der Waals surface area contributed by atoms with Crippen molar-refractivity contribution >= 4 is 32.6 Å². The molecule has 0 fully saturated rings. The predicted octanol–water partition coefficient (Wildman–Crippen LogP) is 3.70. The van der Waals surface area contributed by atoms with Crippen molar-refractivity contribution in [2.75, 3.05) is 13.2 Å². The Morgan fingerprint density at radius 1 is 1.22 bits per heavy atom. The van der Waals surface area contributed by atoms with Crippen LogP contribution in [0, 0.1) is 10.1 Å². The van der Waals surface area contributed by atoms with Gasteiger partial charge in [-0.2, -0.15) is 4.31 Å². The van der Waals surface area contributed by atoms with Gasteiger partial charge in [-0.05, 0) is 36.9 Å². The van der Waals surface area contributed by atoms with E-state index in [1.807, 2.05) is 30.3 Å². The Labute approximate surface area is 184 Å². The minimum atomic E-state index is -4.33. The van der Waals surface area contributed by atoms with E-state index in [0.717, 1.165) is 21.3 Å². The van der Waals surface area contributed by atoms with Crippen molar-refractivity contribution in [2.24, 2.45) is 0 Å². The van der Waals surface area contributed by atoms with E-state index in [0.29, 0.717) is 5.69 Å². The van der Waals surface area contributed by atoms with Crippen molar-refractivity contribution in [3.05, 3.63) is 82.1 Å². The van der Waals surface area contributed by atoms with Gasteiger partial charge in [0.05, 0.1) is 17.6 Å². The molecule has 0 spiro atoms. The summed E-state index contributed by atoms with van der Waals surface area (Å²) < 4.78 is 33.5. The number of fused-ring (bicyclic) bond motifs is 1. The van der Waals surface area contributed by atoms with Crippen LogP contribution in [0.5, 0.6) is 0 Å². The highest BCUT2D eigenvalue weighted by Gasteiger charge is 2.40. The maximum absolute atomic E-state index is 13.7. The second-order valence-corrected chi connectivity index (χ2v) is 9.15. The molecule has 1 aliphatic heterocycles. The molecule has 0 saturated carbocycles. The van der Waals surface area contributed by atoms with Crippen LogP contribution in [0.2, 0.25) is 0 Å². The van der Waals surface area contributed by atoms with Crippen molar-refractivity contribution in [1.29, 1.82) is 0 Å². The van der Waals surface area contributed by atoms with Gasteiger partial charge in [0.25, 0.3) is 15.7 Å². The molecule has 1 atom stereocenters. The van der Waals surface area contributed by atoms with E-state index in [2.05, 4.69) is 4.98 Å². The Morgan fingerprint density at radius 3 is 2.66 bits per heavy atom. The number of esters is 1. The lowest BCUT2D eigenvalue weighted by Gasteiger charge is -2.33. The zero-order chi connectivity index (χ0) is 22.9. The van der Waals surface area contributed by atoms with Crippen molar-refractivity contribution in [3.8, 4) is 0 Å². The second kappa shape index (κ2) is 8.56. The highest BCUT2D eigenvalue weighted by molar-refractivity contribution is 7.89. The largest absolute Gasteiger partial charge is 0.463 e. The van der Waals surface area contributed by atoms with Crippen LogP contribution < -0.4 is 0 Å². The molecule has 1 aliphatic rings. The molecule has 1 N–H and O–H groups in total. The van der Waals surface area contributed by atoms with Gasteiger partial charge in [0, 0.05) is 29.4 Å². The number of nitro groups is 1. The van der Waals surface area contributed by atoms with E-state index >= 15 is 0 Å². The number of H-pyrrole nitrogens is 1. The fourth-order valence-electron chi connectivity index (χ4n) is 3.85. The molecular weight excluding hydrogens is 434 g/mol. The zero-order valence-corrected chi connectivity index (χ0v) is 18.0. The van der Waals surface area contributed by atoms with Crippen LogP contribution in [0.25, 0.3) is 10.9 Å². The van der Waals surface area contributed by atoms with Crippen molar-refractivity contribution in [1.82, 2.24) is 9.29 Å². The van der Waals surface area contributed by atoms with Gasteiger partial charge < -0.3 is 9.72 Å². The van der Waals surface area contributed by atoms with Crippen LogP contribution in [-0.4, -0.2) is 41.8 Å². The Morgan fingerprint density at radius 2 is 1.94 bits per heavy atom. The summed E-state index contributed by atoms with van der Waals surface area (Å²) in [5.74, 6) is -0.606. The number of rotatable bonds is 6. The number of aromatic amines is 1. The second-order valence-electron chi connectivity index (χ2n) is 7.29. The molecule has 0 bridgehead atoms. The first kappa shape index (κ1) is 21.7. The minimum absolute atomic E-state index is 0.151. The summed E-state index contributed by atoms with van der Waals surface area (Å²) in [5, 5.41) is 12.4. The topological polar surface area (TPSA) is 123 Å². The van der Waals surface area contributed by atoms with E-state index in [9.17, 15) is 23.3 Å². The smallest absolute Gasteiger partial charge is 0.335 e. The van der Waals surface area contributed by atoms with Crippen LogP contribution in [0.15, 0.2) is 71.1 Å². The fraction of sp³-hybridized carbons (Fsp3) is 0.227. The number of carbonyl (C=O) groups is 1. The molecule has 2 heterocycles. The summed E-state index contributed by atoms with van der Waals surface area (Å²) in [6.45, 7) is 1.56. The summed E-state index contributed by atoms with van der Waals surface area (Å²) in [4.78, 5) is 25.9. The predicted molar refractivity (Wildman–Crippen MR) is 117 cm³/mol. The first-order chi connectivity index (χ1) is 15.3. The molecular formula is C22H21N3O6S. The average Bonchev–Trinajstić information content (AvgIpc) is 3.23. The highest BCUT2D eigenvalue weighted by Crippen LogP contribution is 2.38. The number of ether oxygens (including phenoxy) is 1. The van der Waals surface area contributed by atoms with E-state index in [4.69, 9.17) is 4.74 Å². The number of hydrogen-bond acceptors (Lipinski definition) is 6. The molecule has 2 aromatic carbocycles. The fourth-order valence-corrected chi connectivity index (χ4v) is 5.60. The minimum Gasteiger partial charge on any atom is -0.463 e. The molecule has 10 heteroatoms. The van der Waals surface area contributed by atoms with Gasteiger partial charge in [-0.3, -0.25) is 10.1 Å². The molecule has 1 unspecified atom stereocenters. The SMILES string of the molecule is CCOC(=O)C1=CCC(c2cc3ccccc3[nH]2)N(S(=O)(=O)c2ccccc2[N+](=O)[O-])C1. The monoisotopic (exact) mass is 455 g/mol. The number of benzene rings is 2. The summed E-state index contributed by atoms with van der Waals surface area (Å²) in [7, 11) is -4.33. The van der Waals surface area contributed by atoms with Gasteiger partial charge >= 0.3 is 5.97 Å². The van der Waals surface area contributed by atoms with Crippen molar-refractivity contribution in [3.63, 3.8) is 0 Å². The third-order valence-electron chi connectivity index (χ3n) is 5.36. The normalized spacial score (nSPS) is 17.2.